The third kappa shape index (κ3) is 8.57. The highest BCUT2D eigenvalue weighted by Gasteiger charge is 2.46. The molecular formula is C18H31N5O13P3-. The molecule has 1 aliphatic rings. The summed E-state index contributed by atoms with van der Waals surface area (Å²) in [5.41, 5.74) is 0.720. The summed E-state index contributed by atoms with van der Waals surface area (Å²) in [6.45, 7) is 4.69. The van der Waals surface area contributed by atoms with Crippen LogP contribution < -0.4 is 9.79 Å². The third-order valence-electron chi connectivity index (χ3n) is 5.63. The zero-order chi connectivity index (χ0) is 29.0. The monoisotopic (exact) mass is 618 g/mol. The number of rotatable bonds is 15. The van der Waals surface area contributed by atoms with E-state index in [4.69, 9.17) is 9.63 Å². The van der Waals surface area contributed by atoms with Gasteiger partial charge in [-0.15, -0.1) is 0 Å². The highest BCUT2D eigenvalue weighted by molar-refractivity contribution is 7.66. The van der Waals surface area contributed by atoms with E-state index in [9.17, 15) is 38.6 Å². The largest absolute Gasteiger partial charge is 0.756 e. The summed E-state index contributed by atoms with van der Waals surface area (Å²) in [7, 11) is -17.1. The van der Waals surface area contributed by atoms with Gasteiger partial charge in [-0.05, 0) is 12.8 Å². The normalized spacial score (nSPS) is 26.3. The Bertz CT molecular complexity index is 1250. The van der Waals surface area contributed by atoms with Crippen LogP contribution in [0.5, 0.6) is 0 Å². The number of anilines is 1. The molecule has 1 aliphatic heterocycles. The van der Waals surface area contributed by atoms with Gasteiger partial charge in [-0.25, -0.2) is 28.4 Å². The molecule has 2 aromatic rings. The summed E-state index contributed by atoms with van der Waals surface area (Å²) in [6, 6.07) is 0. The molecule has 3 heterocycles. The van der Waals surface area contributed by atoms with Crippen LogP contribution in [-0.4, -0.2) is 82.4 Å². The summed E-state index contributed by atoms with van der Waals surface area (Å²) in [6.07, 6.45) is 0.499. The lowest BCUT2D eigenvalue weighted by molar-refractivity contribution is -0.212. The van der Waals surface area contributed by atoms with E-state index < -0.39 is 54.6 Å². The van der Waals surface area contributed by atoms with Crippen molar-refractivity contribution in [2.24, 2.45) is 0 Å². The number of nitrogens with zero attached hydrogens (tertiary/aromatic N) is 5. The average Bonchev–Trinajstić information content (AvgIpc) is 3.36. The Morgan fingerprint density at radius 1 is 1.00 bits per heavy atom. The van der Waals surface area contributed by atoms with Gasteiger partial charge >= 0.3 is 15.6 Å². The molecule has 39 heavy (non-hydrogen) atoms. The number of aliphatic hydroxyl groups is 2. The lowest BCUT2D eigenvalue weighted by Gasteiger charge is -2.23. The quantitative estimate of drug-likeness (QED) is 0.171. The molecule has 21 heteroatoms. The van der Waals surface area contributed by atoms with Gasteiger partial charge in [0, 0.05) is 13.1 Å². The van der Waals surface area contributed by atoms with Gasteiger partial charge in [0.15, 0.2) is 23.2 Å². The maximum absolute atomic E-state index is 12.0. The van der Waals surface area contributed by atoms with E-state index in [0.717, 1.165) is 38.8 Å². The number of fused-ring (bicyclic) bond motifs is 1. The van der Waals surface area contributed by atoms with Crippen LogP contribution in [0.1, 0.15) is 45.8 Å². The third-order valence-corrected chi connectivity index (χ3v) is 9.41. The molecule has 0 bridgehead atoms. The molecule has 0 saturated carbocycles. The van der Waals surface area contributed by atoms with Crippen molar-refractivity contribution in [1.29, 1.82) is 0 Å². The summed E-state index contributed by atoms with van der Waals surface area (Å²) in [5, 5.41) is 21.1. The van der Waals surface area contributed by atoms with Crippen molar-refractivity contribution in [3.05, 3.63) is 12.7 Å². The average molecular weight is 618 g/mol. The first kappa shape index (κ1) is 32.2. The lowest BCUT2D eigenvalue weighted by Crippen LogP contribution is -2.33. The SMILES string of the molecule is CCCCN(CCCC)c1ncnc2c1ncn2C1O[C@H](COP(=O)(O)OP(=O)(O)OP(=O)([O-])O)[C@@H](O)[C@H]1O. The molecule has 3 rings (SSSR count). The number of hydrogen-bond donors (Lipinski definition) is 5. The van der Waals surface area contributed by atoms with Crippen LogP contribution in [0, 0.1) is 0 Å². The van der Waals surface area contributed by atoms with E-state index in [1.54, 1.807) is 0 Å². The van der Waals surface area contributed by atoms with Crippen LogP contribution >= 0.6 is 23.5 Å². The predicted octanol–water partition coefficient (Wildman–Crippen LogP) is 0.563. The molecule has 5 N–H and O–H groups in total. The smallest absolute Gasteiger partial charge is 0.487 e. The molecule has 0 aromatic carbocycles. The summed E-state index contributed by atoms with van der Waals surface area (Å²) in [5.74, 6) is 0.591. The first-order valence-corrected chi connectivity index (χ1v) is 16.4. The van der Waals surface area contributed by atoms with Gasteiger partial charge in [0.05, 0.1) is 12.9 Å². The number of ether oxygens (including phenoxy) is 1. The standard InChI is InChI=1S/C18H32N5O13P3/c1-3-5-7-22(8-6-4-2)16-13-17(20-10-19-16)23(11-21-13)18-15(25)14(24)12(34-18)9-33-38(29,30)36-39(31,32)35-37(26,27)28/h10-12,14-15,18,24-25H,3-9H2,1-2H3,(H,29,30)(H,31,32)(H2,26,27,28)/p-1/t12-,14-,15-,18?/m1/s1. The first-order valence-electron chi connectivity index (χ1n) is 11.9. The fourth-order valence-corrected chi connectivity index (χ4v) is 6.84. The molecule has 2 aromatic heterocycles. The zero-order valence-electron chi connectivity index (χ0n) is 21.0. The van der Waals surface area contributed by atoms with Crippen molar-refractivity contribution in [3.8, 4) is 0 Å². The first-order chi connectivity index (χ1) is 18.2. The van der Waals surface area contributed by atoms with E-state index >= 15 is 0 Å². The van der Waals surface area contributed by atoms with Gasteiger partial charge in [0.25, 0.3) is 7.82 Å². The molecule has 4 unspecified atom stereocenters. The van der Waals surface area contributed by atoms with E-state index in [2.05, 4.69) is 46.8 Å². The molecule has 0 aliphatic carbocycles. The van der Waals surface area contributed by atoms with Gasteiger partial charge in [0.2, 0.25) is 0 Å². The van der Waals surface area contributed by atoms with Crippen molar-refractivity contribution < 1.29 is 61.4 Å². The highest BCUT2D eigenvalue weighted by Crippen LogP contribution is 2.65. The van der Waals surface area contributed by atoms with Crippen LogP contribution in [-0.2, 0) is 31.6 Å². The highest BCUT2D eigenvalue weighted by atomic mass is 31.3. The van der Waals surface area contributed by atoms with E-state index in [1.807, 2.05) is 0 Å². The van der Waals surface area contributed by atoms with E-state index in [-0.39, 0.29) is 5.65 Å². The van der Waals surface area contributed by atoms with Crippen LogP contribution in [0.2, 0.25) is 0 Å². The van der Waals surface area contributed by atoms with Crippen LogP contribution in [0.25, 0.3) is 11.2 Å². The number of aromatic nitrogens is 4. The second kappa shape index (κ2) is 13.1. The molecule has 222 valence electrons. The number of aliphatic hydroxyl groups excluding tert-OH is 2. The number of phosphoric acid groups is 3. The molecule has 18 nitrogen and oxygen atoms in total. The second-order valence-corrected chi connectivity index (χ2v) is 13.0. The molecule has 0 radical (unpaired) electrons. The fraction of sp³-hybridized carbons (Fsp3) is 0.722. The van der Waals surface area contributed by atoms with Crippen molar-refractivity contribution in [2.45, 2.75) is 64.1 Å². The molecule has 0 amide bonds. The minimum atomic E-state index is -5.80. The zero-order valence-corrected chi connectivity index (χ0v) is 23.7. The Morgan fingerprint density at radius 3 is 2.23 bits per heavy atom. The molecule has 1 saturated heterocycles. The van der Waals surface area contributed by atoms with Gasteiger partial charge in [0.1, 0.15) is 24.6 Å². The van der Waals surface area contributed by atoms with Crippen LogP contribution in [0.3, 0.4) is 0 Å². The Hall–Kier alpha value is -1.36. The molecule has 7 atom stereocenters. The van der Waals surface area contributed by atoms with E-state index in [1.165, 1.54) is 17.2 Å². The summed E-state index contributed by atoms with van der Waals surface area (Å²) >= 11 is 0. The number of hydrogen-bond acceptors (Lipinski definition) is 14. The van der Waals surface area contributed by atoms with Gasteiger partial charge < -0.3 is 39.4 Å². The maximum Gasteiger partial charge on any atom is 0.487 e. The van der Waals surface area contributed by atoms with Crippen molar-refractivity contribution in [3.63, 3.8) is 0 Å². The Labute approximate surface area is 223 Å². The van der Waals surface area contributed by atoms with Crippen molar-refractivity contribution in [2.75, 3.05) is 24.6 Å². The Morgan fingerprint density at radius 2 is 1.64 bits per heavy atom. The van der Waals surface area contributed by atoms with Crippen molar-refractivity contribution >= 4 is 40.4 Å². The summed E-state index contributed by atoms with van der Waals surface area (Å²) in [4.78, 5) is 53.1. The number of imidazole rings is 1. The number of phosphoric ester groups is 1. The van der Waals surface area contributed by atoms with Gasteiger partial charge in [-0.2, -0.15) is 4.31 Å². The van der Waals surface area contributed by atoms with Gasteiger partial charge in [-0.3, -0.25) is 13.7 Å². The predicted molar refractivity (Wildman–Crippen MR) is 131 cm³/mol. The molecule has 1 fully saturated rings. The van der Waals surface area contributed by atoms with Crippen LogP contribution in [0.15, 0.2) is 12.7 Å². The van der Waals surface area contributed by atoms with Crippen LogP contribution in [0.4, 0.5) is 5.82 Å². The minimum absolute atomic E-state index is 0.288. The molecule has 0 spiro atoms. The summed E-state index contributed by atoms with van der Waals surface area (Å²) < 4.78 is 52.7. The fourth-order valence-electron chi connectivity index (χ4n) is 3.84. The molecular weight excluding hydrogens is 587 g/mol. The van der Waals surface area contributed by atoms with Gasteiger partial charge in [-0.1, -0.05) is 26.7 Å². The second-order valence-electron chi connectivity index (χ2n) is 8.63. The minimum Gasteiger partial charge on any atom is -0.756 e. The topological polar surface area (TPSA) is 259 Å². The Kier molecular flexibility index (Phi) is 10.8. The lowest BCUT2D eigenvalue weighted by atomic mass is 10.1. The van der Waals surface area contributed by atoms with Crippen molar-refractivity contribution in [1.82, 2.24) is 19.5 Å². The van der Waals surface area contributed by atoms with E-state index in [0.29, 0.717) is 11.3 Å². The number of unbranched alkanes of at least 4 members (excludes halogenated alkanes) is 2. The Balaban J connectivity index is 1.76. The maximum atomic E-state index is 12.0.